The number of benzene rings is 1. The van der Waals surface area contributed by atoms with E-state index in [1.54, 1.807) is 31.2 Å². The lowest BCUT2D eigenvalue weighted by Crippen LogP contribution is -2.57. The zero-order chi connectivity index (χ0) is 31.2. The Morgan fingerprint density at radius 2 is 2.00 bits per heavy atom. The number of ether oxygens (including phenoxy) is 2. The number of fused-ring (bicyclic) bond motifs is 3. The van der Waals surface area contributed by atoms with Gasteiger partial charge in [-0.25, -0.2) is 18.2 Å². The molecular weight excluding hydrogens is 610 g/mol. The average molecular weight is 646 g/mol. The number of urea groups is 1. The molecule has 2 aliphatic heterocycles. The first-order valence-electron chi connectivity index (χ1n) is 14.9. The van der Waals surface area contributed by atoms with Crippen LogP contribution in [0.4, 0.5) is 4.79 Å². The molecule has 44 heavy (non-hydrogen) atoms. The number of methoxy groups -OCH3 is 1. The molecule has 3 heterocycles. The lowest BCUT2D eigenvalue weighted by Gasteiger charge is -2.30. The van der Waals surface area contributed by atoms with Crippen LogP contribution < -0.4 is 19.5 Å². The SMILES string of the molecule is COc1ccc2c(O[C@@H]3C[C@H]4C(=O)N[C@]5(C(=O)NS(=O)(=O)C6CC6)C[C@H]5/C=C\CCCCN(C)C(=O)N4C3)nc(Cl)cc2c1. The molecule has 6 rings (SSSR count). The lowest BCUT2D eigenvalue weighted by molar-refractivity contribution is -0.131. The van der Waals surface area contributed by atoms with Crippen LogP contribution in [0.25, 0.3) is 10.8 Å². The Labute approximate surface area is 261 Å². The molecular formula is C30H36ClN5O7S. The Kier molecular flexibility index (Phi) is 8.12. The van der Waals surface area contributed by atoms with Gasteiger partial charge >= 0.3 is 6.03 Å². The van der Waals surface area contributed by atoms with Gasteiger partial charge in [0.1, 0.15) is 28.6 Å². The van der Waals surface area contributed by atoms with E-state index in [1.807, 2.05) is 24.3 Å². The molecule has 2 N–H and O–H groups in total. The van der Waals surface area contributed by atoms with Crippen LogP contribution in [0.1, 0.15) is 44.9 Å². The molecule has 0 spiro atoms. The minimum Gasteiger partial charge on any atom is -0.497 e. The number of carbonyl (C=O) groups excluding carboxylic acids is 3. The number of sulfonamides is 1. The van der Waals surface area contributed by atoms with Crippen LogP contribution in [0.3, 0.4) is 0 Å². The van der Waals surface area contributed by atoms with Gasteiger partial charge in [0, 0.05) is 31.3 Å². The van der Waals surface area contributed by atoms with Crippen molar-refractivity contribution in [3.05, 3.63) is 41.6 Å². The van der Waals surface area contributed by atoms with Gasteiger partial charge in [-0.15, -0.1) is 0 Å². The fourth-order valence-electron chi connectivity index (χ4n) is 6.04. The predicted molar refractivity (Wildman–Crippen MR) is 163 cm³/mol. The predicted octanol–water partition coefficient (Wildman–Crippen LogP) is 2.99. The van der Waals surface area contributed by atoms with E-state index in [2.05, 4.69) is 15.0 Å². The highest BCUT2D eigenvalue weighted by Gasteiger charge is 2.62. The van der Waals surface area contributed by atoms with Gasteiger partial charge in [-0.05, 0) is 68.2 Å². The van der Waals surface area contributed by atoms with Crippen molar-refractivity contribution in [3.63, 3.8) is 0 Å². The van der Waals surface area contributed by atoms with Crippen LogP contribution in [-0.2, 0) is 19.6 Å². The third-order valence-electron chi connectivity index (χ3n) is 8.84. The summed E-state index contributed by atoms with van der Waals surface area (Å²) in [5.74, 6) is -0.739. The second-order valence-corrected chi connectivity index (χ2v) is 14.4. The van der Waals surface area contributed by atoms with Gasteiger partial charge in [0.2, 0.25) is 21.8 Å². The second kappa shape index (κ2) is 11.7. The summed E-state index contributed by atoms with van der Waals surface area (Å²) in [6.45, 7) is 0.617. The van der Waals surface area contributed by atoms with E-state index in [1.165, 1.54) is 4.90 Å². The number of rotatable bonds is 6. The monoisotopic (exact) mass is 645 g/mol. The highest BCUT2D eigenvalue weighted by atomic mass is 35.5. The minimum atomic E-state index is -3.82. The van der Waals surface area contributed by atoms with Crippen molar-refractivity contribution in [1.29, 1.82) is 0 Å². The summed E-state index contributed by atoms with van der Waals surface area (Å²) in [6.07, 6.45) is 6.97. The zero-order valence-electron chi connectivity index (χ0n) is 24.6. The van der Waals surface area contributed by atoms with E-state index >= 15 is 0 Å². The Bertz CT molecular complexity index is 1630. The first-order chi connectivity index (χ1) is 21.0. The number of allylic oxidation sites excluding steroid dienone is 1. The maximum atomic E-state index is 13.9. The van der Waals surface area contributed by atoms with Gasteiger partial charge in [0.15, 0.2) is 0 Å². The van der Waals surface area contributed by atoms with Crippen LogP contribution in [-0.4, -0.2) is 91.2 Å². The molecule has 0 unspecified atom stereocenters. The number of amides is 4. The average Bonchev–Trinajstić information content (AvgIpc) is 3.91. The number of pyridine rings is 1. The topological polar surface area (TPSA) is 147 Å². The molecule has 0 bridgehead atoms. The van der Waals surface area contributed by atoms with Gasteiger partial charge < -0.3 is 24.6 Å². The summed E-state index contributed by atoms with van der Waals surface area (Å²) in [4.78, 5) is 48.4. The zero-order valence-corrected chi connectivity index (χ0v) is 26.2. The number of nitrogens with zero attached hydrogens (tertiary/aromatic N) is 3. The number of hydrogen-bond acceptors (Lipinski definition) is 8. The summed E-state index contributed by atoms with van der Waals surface area (Å²) < 4.78 is 39.1. The third kappa shape index (κ3) is 6.03. The summed E-state index contributed by atoms with van der Waals surface area (Å²) in [5.41, 5.74) is -1.41. The fourth-order valence-corrected chi connectivity index (χ4v) is 7.60. The van der Waals surface area contributed by atoms with Crippen molar-refractivity contribution in [2.75, 3.05) is 27.2 Å². The first kappa shape index (κ1) is 30.4. The van der Waals surface area contributed by atoms with Crippen molar-refractivity contribution in [1.82, 2.24) is 24.8 Å². The maximum Gasteiger partial charge on any atom is 0.320 e. The lowest BCUT2D eigenvalue weighted by atomic mass is 10.1. The number of halogens is 1. The molecule has 1 aromatic carbocycles. The number of carbonyl (C=O) groups is 3. The Morgan fingerprint density at radius 3 is 2.75 bits per heavy atom. The Hall–Kier alpha value is -3.58. The van der Waals surface area contributed by atoms with E-state index in [0.29, 0.717) is 30.5 Å². The van der Waals surface area contributed by atoms with E-state index in [-0.39, 0.29) is 42.4 Å². The Balaban J connectivity index is 1.28. The molecule has 4 aliphatic rings. The molecule has 2 saturated carbocycles. The molecule has 1 aromatic heterocycles. The minimum absolute atomic E-state index is 0.103. The molecule has 4 amide bonds. The quantitative estimate of drug-likeness (QED) is 0.360. The van der Waals surface area contributed by atoms with E-state index in [9.17, 15) is 22.8 Å². The standard InChI is InChI=1S/C30H36ClN5O7S/c1-35-12-6-4-3-5-7-19-16-30(19,28(38)34-44(40,41)22-9-10-22)33-26(37)24-15-21(17-36(24)29(35)39)43-27-23-11-8-20(42-2)13-18(23)14-25(31)32-27/h5,7-8,11,13-14,19,21-22,24H,3-4,6,9-10,12,15-17H2,1-2H3,(H,33,37)(H,34,38)/b7-5-/t19-,21-,24+,30-/m1/s1. The van der Waals surface area contributed by atoms with Gasteiger partial charge in [0.05, 0.1) is 18.9 Å². The largest absolute Gasteiger partial charge is 0.497 e. The Morgan fingerprint density at radius 1 is 1.20 bits per heavy atom. The van der Waals surface area contributed by atoms with Crippen molar-refractivity contribution in [2.45, 2.75) is 67.9 Å². The molecule has 12 nitrogen and oxygen atoms in total. The van der Waals surface area contributed by atoms with Crippen LogP contribution >= 0.6 is 11.6 Å². The molecule has 2 aliphatic carbocycles. The van der Waals surface area contributed by atoms with Gasteiger partial charge in [-0.1, -0.05) is 23.8 Å². The summed E-state index contributed by atoms with van der Waals surface area (Å²) in [5, 5.41) is 3.94. The highest BCUT2D eigenvalue weighted by molar-refractivity contribution is 7.91. The van der Waals surface area contributed by atoms with Crippen molar-refractivity contribution in [2.24, 2.45) is 5.92 Å². The van der Waals surface area contributed by atoms with Crippen LogP contribution in [0.2, 0.25) is 5.15 Å². The van der Waals surface area contributed by atoms with Crippen LogP contribution in [0.15, 0.2) is 36.4 Å². The summed E-state index contributed by atoms with van der Waals surface area (Å²) in [6, 6.07) is 5.80. The van der Waals surface area contributed by atoms with Crippen LogP contribution in [0, 0.1) is 5.92 Å². The fraction of sp³-hybridized carbons (Fsp3) is 0.533. The molecule has 4 atom stereocenters. The van der Waals surface area contributed by atoms with E-state index < -0.39 is 44.8 Å². The van der Waals surface area contributed by atoms with E-state index in [0.717, 1.165) is 24.6 Å². The van der Waals surface area contributed by atoms with Gasteiger partial charge in [-0.2, -0.15) is 0 Å². The number of nitrogens with one attached hydrogen (secondary N) is 2. The van der Waals surface area contributed by atoms with Gasteiger partial charge in [0.25, 0.3) is 5.91 Å². The number of hydrogen-bond donors (Lipinski definition) is 2. The number of aromatic nitrogens is 1. The summed E-state index contributed by atoms with van der Waals surface area (Å²) in [7, 11) is -0.557. The molecule has 1 saturated heterocycles. The molecule has 236 valence electrons. The summed E-state index contributed by atoms with van der Waals surface area (Å²) >= 11 is 6.31. The molecule has 3 fully saturated rings. The normalized spacial score (nSPS) is 28.4. The first-order valence-corrected chi connectivity index (χ1v) is 16.8. The highest BCUT2D eigenvalue weighted by Crippen LogP contribution is 2.46. The van der Waals surface area contributed by atoms with Crippen molar-refractivity contribution < 1.29 is 32.3 Å². The van der Waals surface area contributed by atoms with Crippen LogP contribution in [0.5, 0.6) is 11.6 Å². The maximum absolute atomic E-state index is 13.9. The third-order valence-corrected chi connectivity index (χ3v) is 10.8. The smallest absolute Gasteiger partial charge is 0.320 e. The van der Waals surface area contributed by atoms with E-state index in [4.69, 9.17) is 21.1 Å². The van der Waals surface area contributed by atoms with Gasteiger partial charge in [-0.3, -0.25) is 14.3 Å². The molecule has 2 aromatic rings. The second-order valence-electron chi connectivity index (χ2n) is 12.1. The molecule has 14 heteroatoms. The van der Waals surface area contributed by atoms with Crippen molar-refractivity contribution in [3.8, 4) is 11.6 Å². The molecule has 0 radical (unpaired) electrons. The van der Waals surface area contributed by atoms with Crippen molar-refractivity contribution >= 4 is 50.2 Å².